The van der Waals surface area contributed by atoms with E-state index >= 15 is 0 Å². The smallest absolute Gasteiger partial charge is 0.335 e. The minimum Gasteiger partial charge on any atom is -0.772 e. The fourth-order valence-corrected chi connectivity index (χ4v) is 2.11. The molecule has 0 heterocycles. The van der Waals surface area contributed by atoms with Gasteiger partial charge in [0.25, 0.3) is 0 Å². The Morgan fingerprint density at radius 3 is 2.47 bits per heavy atom. The van der Waals surface area contributed by atoms with Gasteiger partial charge in [-0.15, -0.1) is 0 Å². The normalized spacial score (nSPS) is 12.5. The van der Waals surface area contributed by atoms with E-state index in [1.807, 2.05) is 0 Å². The Labute approximate surface area is 100 Å². The Morgan fingerprint density at radius 2 is 1.82 bits per heavy atom. The lowest BCUT2D eigenvalue weighted by atomic mass is 10.0. The predicted octanol–water partition coefficient (Wildman–Crippen LogP) is 1.92. The van der Waals surface area contributed by atoms with E-state index in [1.54, 1.807) is 30.3 Å². The van der Waals surface area contributed by atoms with Crippen molar-refractivity contribution in [1.29, 1.82) is 0 Å². The fraction of sp³-hybridized carbons (Fsp3) is 0.0833. The van der Waals surface area contributed by atoms with E-state index in [1.165, 1.54) is 6.07 Å². The molecule has 4 nitrogen and oxygen atoms in total. The number of hydrogen-bond donors (Lipinski definition) is 1. The first-order valence-corrected chi connectivity index (χ1v) is 6.12. The Bertz CT molecular complexity index is 606. The number of fused-ring (bicyclic) bond motifs is 1. The number of carboxylic acid groups (broad SMARTS) is 1. The first kappa shape index (κ1) is 11.8. The van der Waals surface area contributed by atoms with Crippen molar-refractivity contribution < 1.29 is 18.7 Å². The molecule has 0 bridgehead atoms. The summed E-state index contributed by atoms with van der Waals surface area (Å²) < 4.78 is 21.1. The maximum atomic E-state index is 10.8. The maximum absolute atomic E-state index is 10.8. The van der Waals surface area contributed by atoms with Crippen molar-refractivity contribution in [3.05, 3.63) is 47.5 Å². The molecule has 17 heavy (non-hydrogen) atoms. The molecule has 0 saturated carbocycles. The highest BCUT2D eigenvalue weighted by Crippen LogP contribution is 2.18. The number of carbonyl (C=O) groups is 1. The third-order valence-corrected chi connectivity index (χ3v) is 3.01. The number of rotatable bonds is 3. The average molecular weight is 249 g/mol. The molecule has 0 aliphatic heterocycles. The van der Waals surface area contributed by atoms with Crippen LogP contribution < -0.4 is 0 Å². The van der Waals surface area contributed by atoms with Gasteiger partial charge >= 0.3 is 5.97 Å². The lowest BCUT2D eigenvalue weighted by Crippen LogP contribution is -1.96. The Morgan fingerprint density at radius 1 is 1.18 bits per heavy atom. The van der Waals surface area contributed by atoms with Gasteiger partial charge in [0, 0.05) is 5.75 Å². The van der Waals surface area contributed by atoms with Gasteiger partial charge in [-0.3, -0.25) is 4.21 Å². The molecule has 2 aromatic carbocycles. The minimum atomic E-state index is -2.12. The van der Waals surface area contributed by atoms with Crippen LogP contribution in [0.5, 0.6) is 0 Å². The zero-order valence-corrected chi connectivity index (χ0v) is 9.57. The van der Waals surface area contributed by atoms with E-state index in [0.29, 0.717) is 5.56 Å². The third-order valence-electron chi connectivity index (χ3n) is 2.44. The van der Waals surface area contributed by atoms with Gasteiger partial charge in [0.2, 0.25) is 0 Å². The van der Waals surface area contributed by atoms with Crippen LogP contribution in [0.3, 0.4) is 0 Å². The molecule has 0 aromatic heterocycles. The third kappa shape index (κ3) is 2.69. The molecule has 1 atom stereocenters. The van der Waals surface area contributed by atoms with Gasteiger partial charge in [0.05, 0.1) is 5.56 Å². The maximum Gasteiger partial charge on any atom is 0.335 e. The first-order valence-electron chi connectivity index (χ1n) is 4.88. The summed E-state index contributed by atoms with van der Waals surface area (Å²) in [6.07, 6.45) is 0. The van der Waals surface area contributed by atoms with Crippen molar-refractivity contribution in [2.75, 3.05) is 0 Å². The molecule has 1 N–H and O–H groups in total. The van der Waals surface area contributed by atoms with Gasteiger partial charge in [-0.2, -0.15) is 0 Å². The van der Waals surface area contributed by atoms with Crippen LogP contribution in [0.15, 0.2) is 36.4 Å². The van der Waals surface area contributed by atoms with Crippen molar-refractivity contribution in [3.63, 3.8) is 0 Å². The van der Waals surface area contributed by atoms with Gasteiger partial charge in [-0.05, 0) is 28.5 Å². The summed E-state index contributed by atoms with van der Waals surface area (Å²) in [6, 6.07) is 9.90. The van der Waals surface area contributed by atoms with Crippen molar-refractivity contribution in [3.8, 4) is 0 Å². The van der Waals surface area contributed by atoms with Crippen LogP contribution in [-0.4, -0.2) is 19.8 Å². The van der Waals surface area contributed by atoms with Crippen molar-refractivity contribution in [1.82, 2.24) is 0 Å². The van der Waals surface area contributed by atoms with Gasteiger partial charge in [0.1, 0.15) is 0 Å². The first-order chi connectivity index (χ1) is 8.06. The molecule has 0 aliphatic rings. The van der Waals surface area contributed by atoms with E-state index in [4.69, 9.17) is 5.11 Å². The van der Waals surface area contributed by atoms with Crippen molar-refractivity contribution >= 4 is 27.8 Å². The summed E-state index contributed by atoms with van der Waals surface area (Å²) in [5.41, 5.74) is 0.909. The Balaban J connectivity index is 2.46. The summed E-state index contributed by atoms with van der Waals surface area (Å²) in [7, 11) is 0. The van der Waals surface area contributed by atoms with Crippen LogP contribution >= 0.6 is 0 Å². The molecule has 2 rings (SSSR count). The van der Waals surface area contributed by atoms with Crippen LogP contribution in [0.4, 0.5) is 0 Å². The van der Waals surface area contributed by atoms with Crippen molar-refractivity contribution in [2.45, 2.75) is 5.75 Å². The van der Waals surface area contributed by atoms with E-state index < -0.39 is 17.0 Å². The second-order valence-electron chi connectivity index (χ2n) is 3.65. The number of hydrogen-bond acceptors (Lipinski definition) is 3. The molecule has 0 fully saturated rings. The zero-order valence-electron chi connectivity index (χ0n) is 8.75. The van der Waals surface area contributed by atoms with E-state index in [9.17, 15) is 13.6 Å². The highest BCUT2D eigenvalue weighted by atomic mass is 32.2. The molecule has 0 radical (unpaired) electrons. The summed E-state index contributed by atoms with van der Waals surface area (Å²) in [4.78, 5) is 10.8. The molecule has 0 spiro atoms. The second kappa shape index (κ2) is 4.65. The van der Waals surface area contributed by atoms with Crippen LogP contribution in [0.1, 0.15) is 15.9 Å². The molecule has 0 amide bonds. The summed E-state index contributed by atoms with van der Waals surface area (Å²) in [5.74, 6) is -1.01. The van der Waals surface area contributed by atoms with Crippen LogP contribution in [-0.2, 0) is 16.8 Å². The van der Waals surface area contributed by atoms with E-state index in [2.05, 4.69) is 0 Å². The highest BCUT2D eigenvalue weighted by molar-refractivity contribution is 7.78. The lowest BCUT2D eigenvalue weighted by molar-refractivity contribution is 0.0697. The SMILES string of the molecule is O=C(O)c1ccc2cc(CS(=O)[O-])ccc2c1. The predicted molar refractivity (Wildman–Crippen MR) is 63.5 cm³/mol. The van der Waals surface area contributed by atoms with Gasteiger partial charge < -0.3 is 9.66 Å². The summed E-state index contributed by atoms with van der Waals surface area (Å²) in [6.45, 7) is 0. The minimum absolute atomic E-state index is 0.0311. The number of aromatic carboxylic acids is 1. The number of benzene rings is 2. The quantitative estimate of drug-likeness (QED) is 0.843. The van der Waals surface area contributed by atoms with E-state index in [-0.39, 0.29) is 11.3 Å². The molecular weight excluding hydrogens is 240 g/mol. The monoisotopic (exact) mass is 249 g/mol. The Kier molecular flexibility index (Phi) is 3.21. The lowest BCUT2D eigenvalue weighted by Gasteiger charge is -2.06. The largest absolute Gasteiger partial charge is 0.772 e. The second-order valence-corrected chi connectivity index (χ2v) is 4.55. The average Bonchev–Trinajstić information content (AvgIpc) is 2.27. The van der Waals surface area contributed by atoms with Crippen molar-refractivity contribution in [2.24, 2.45) is 0 Å². The Hall–Kier alpha value is -1.72. The number of carboxylic acids is 1. The van der Waals surface area contributed by atoms with Crippen LogP contribution in [0.2, 0.25) is 0 Å². The molecular formula is C12H9O4S-. The fourth-order valence-electron chi connectivity index (χ4n) is 1.65. The summed E-state index contributed by atoms with van der Waals surface area (Å²) >= 11 is -2.12. The van der Waals surface area contributed by atoms with Crippen LogP contribution in [0, 0.1) is 0 Å². The molecule has 1 unspecified atom stereocenters. The topological polar surface area (TPSA) is 77.4 Å². The summed E-state index contributed by atoms with van der Waals surface area (Å²) in [5, 5.41) is 10.5. The molecule has 2 aromatic rings. The molecule has 0 aliphatic carbocycles. The molecule has 88 valence electrons. The standard InChI is InChI=1S/C12H10O4S/c13-12(14)11-4-3-9-5-8(7-17(15)16)1-2-10(9)6-11/h1-6H,7H2,(H,13,14)(H,15,16)/p-1. The molecule has 0 saturated heterocycles. The zero-order chi connectivity index (χ0) is 12.4. The molecule has 5 heteroatoms. The van der Waals surface area contributed by atoms with Gasteiger partial charge in [-0.1, -0.05) is 35.3 Å². The van der Waals surface area contributed by atoms with E-state index in [0.717, 1.165) is 10.8 Å². The van der Waals surface area contributed by atoms with Crippen LogP contribution in [0.25, 0.3) is 10.8 Å². The van der Waals surface area contributed by atoms with Gasteiger partial charge in [0.15, 0.2) is 0 Å². The highest BCUT2D eigenvalue weighted by Gasteiger charge is 2.04. The van der Waals surface area contributed by atoms with Gasteiger partial charge in [-0.25, -0.2) is 4.79 Å².